The summed E-state index contributed by atoms with van der Waals surface area (Å²) in [5.41, 5.74) is 5.11. The summed E-state index contributed by atoms with van der Waals surface area (Å²) >= 11 is 3.44. The molecule has 0 radical (unpaired) electrons. The van der Waals surface area contributed by atoms with Crippen LogP contribution in [0.1, 0.15) is 22.7 Å². The first kappa shape index (κ1) is 14.1. The number of nitrogens with one attached hydrogen (secondary N) is 1. The largest absolute Gasteiger partial charge is 0.271 e. The van der Waals surface area contributed by atoms with Crippen molar-refractivity contribution in [2.75, 3.05) is 0 Å². The van der Waals surface area contributed by atoms with Crippen LogP contribution in [0.3, 0.4) is 0 Å². The summed E-state index contributed by atoms with van der Waals surface area (Å²) in [7, 11) is 0. The molecule has 0 aliphatic heterocycles. The van der Waals surface area contributed by atoms with Crippen LogP contribution in [0.5, 0.6) is 0 Å². The van der Waals surface area contributed by atoms with Crippen molar-refractivity contribution in [3.05, 3.63) is 69.2 Å². The molecule has 0 aliphatic rings. The summed E-state index contributed by atoms with van der Waals surface area (Å²) in [6, 6.07) is 9.05. The Kier molecular flexibility index (Phi) is 4.29. The third-order valence-corrected chi connectivity index (χ3v) is 3.92. The lowest BCUT2D eigenvalue weighted by atomic mass is 9.95. The van der Waals surface area contributed by atoms with Crippen LogP contribution in [0.4, 0.5) is 8.78 Å². The van der Waals surface area contributed by atoms with Gasteiger partial charge in [-0.05, 0) is 41.8 Å². The zero-order valence-corrected chi connectivity index (χ0v) is 11.8. The van der Waals surface area contributed by atoms with Crippen molar-refractivity contribution in [2.45, 2.75) is 13.0 Å². The molecule has 100 valence electrons. The molecule has 19 heavy (non-hydrogen) atoms. The van der Waals surface area contributed by atoms with Gasteiger partial charge in [-0.25, -0.2) is 14.2 Å². The predicted octanol–water partition coefficient (Wildman–Crippen LogP) is 3.59. The van der Waals surface area contributed by atoms with Gasteiger partial charge < -0.3 is 0 Å². The second-order valence-electron chi connectivity index (χ2n) is 4.23. The molecule has 0 amide bonds. The minimum atomic E-state index is -0.884. The standard InChI is InChI=1S/C14H13BrF2N2/c1-8-10(3-2-4-11(8)15)14(19-18)9-5-6-12(16)13(17)7-9/h2-7,14,19H,18H2,1H3. The van der Waals surface area contributed by atoms with Gasteiger partial charge in [0.05, 0.1) is 6.04 Å². The van der Waals surface area contributed by atoms with Gasteiger partial charge in [0, 0.05) is 4.47 Å². The average molecular weight is 327 g/mol. The summed E-state index contributed by atoms with van der Waals surface area (Å²) in [6.45, 7) is 1.93. The minimum absolute atomic E-state index is 0.396. The first-order valence-electron chi connectivity index (χ1n) is 5.70. The second-order valence-corrected chi connectivity index (χ2v) is 5.08. The van der Waals surface area contributed by atoms with Crippen LogP contribution in [0.25, 0.3) is 0 Å². The molecule has 0 aromatic heterocycles. The lowest BCUT2D eigenvalue weighted by Crippen LogP contribution is -2.29. The van der Waals surface area contributed by atoms with E-state index in [-0.39, 0.29) is 0 Å². The Labute approximate surface area is 118 Å². The highest BCUT2D eigenvalue weighted by molar-refractivity contribution is 9.10. The van der Waals surface area contributed by atoms with Crippen molar-refractivity contribution < 1.29 is 8.78 Å². The Morgan fingerprint density at radius 1 is 1.16 bits per heavy atom. The zero-order valence-electron chi connectivity index (χ0n) is 10.3. The topological polar surface area (TPSA) is 38.0 Å². The Balaban J connectivity index is 2.50. The van der Waals surface area contributed by atoms with E-state index in [2.05, 4.69) is 21.4 Å². The van der Waals surface area contributed by atoms with Gasteiger partial charge in [0.1, 0.15) is 0 Å². The quantitative estimate of drug-likeness (QED) is 0.668. The van der Waals surface area contributed by atoms with Gasteiger partial charge >= 0.3 is 0 Å². The third-order valence-electron chi connectivity index (χ3n) is 3.06. The fourth-order valence-corrected chi connectivity index (χ4v) is 2.38. The second kappa shape index (κ2) is 5.77. The van der Waals surface area contributed by atoms with Crippen molar-refractivity contribution in [1.29, 1.82) is 0 Å². The monoisotopic (exact) mass is 326 g/mol. The average Bonchev–Trinajstić information content (AvgIpc) is 2.39. The summed E-state index contributed by atoms with van der Waals surface area (Å²) in [6.07, 6.45) is 0. The Hall–Kier alpha value is -1.30. The number of nitrogens with two attached hydrogens (primary N) is 1. The molecule has 0 aliphatic carbocycles. The summed E-state index contributed by atoms with van der Waals surface area (Å²) in [5.74, 6) is 3.81. The molecule has 0 spiro atoms. The lowest BCUT2D eigenvalue weighted by Gasteiger charge is -2.20. The molecular weight excluding hydrogens is 314 g/mol. The molecule has 0 saturated carbocycles. The maximum Gasteiger partial charge on any atom is 0.159 e. The molecule has 0 fully saturated rings. The van der Waals surface area contributed by atoms with Crippen molar-refractivity contribution in [2.24, 2.45) is 5.84 Å². The van der Waals surface area contributed by atoms with Gasteiger partial charge in [-0.2, -0.15) is 0 Å². The van der Waals surface area contributed by atoms with Crippen LogP contribution in [-0.4, -0.2) is 0 Å². The molecule has 0 bridgehead atoms. The van der Waals surface area contributed by atoms with Crippen LogP contribution < -0.4 is 11.3 Å². The number of halogens is 3. The van der Waals surface area contributed by atoms with E-state index in [1.54, 1.807) is 0 Å². The molecule has 2 rings (SSSR count). The first-order valence-corrected chi connectivity index (χ1v) is 6.50. The number of hydrogen-bond donors (Lipinski definition) is 2. The molecule has 2 aromatic carbocycles. The SMILES string of the molecule is Cc1c(Br)cccc1C(NN)c1ccc(F)c(F)c1. The Bertz CT molecular complexity index is 602. The zero-order chi connectivity index (χ0) is 14.0. The van der Waals surface area contributed by atoms with E-state index in [0.29, 0.717) is 5.56 Å². The molecule has 3 N–H and O–H groups in total. The van der Waals surface area contributed by atoms with Gasteiger partial charge in [-0.1, -0.05) is 34.1 Å². The number of rotatable bonds is 3. The van der Waals surface area contributed by atoms with Crippen molar-refractivity contribution in [1.82, 2.24) is 5.43 Å². The third kappa shape index (κ3) is 2.83. The summed E-state index contributed by atoms with van der Waals surface area (Å²) < 4.78 is 27.2. The smallest absolute Gasteiger partial charge is 0.159 e. The molecule has 0 heterocycles. The van der Waals surface area contributed by atoms with E-state index in [1.807, 2.05) is 25.1 Å². The number of hydrazine groups is 1. The summed E-state index contributed by atoms with van der Waals surface area (Å²) in [4.78, 5) is 0. The fraction of sp³-hybridized carbons (Fsp3) is 0.143. The van der Waals surface area contributed by atoms with E-state index in [1.165, 1.54) is 6.07 Å². The van der Waals surface area contributed by atoms with Crippen LogP contribution in [-0.2, 0) is 0 Å². The molecule has 1 atom stereocenters. The van der Waals surface area contributed by atoms with E-state index < -0.39 is 17.7 Å². The first-order chi connectivity index (χ1) is 9.04. The van der Waals surface area contributed by atoms with Gasteiger partial charge in [0.25, 0.3) is 0 Å². The van der Waals surface area contributed by atoms with Crippen molar-refractivity contribution >= 4 is 15.9 Å². The molecule has 1 unspecified atom stereocenters. The fourth-order valence-electron chi connectivity index (χ4n) is 1.99. The highest BCUT2D eigenvalue weighted by atomic mass is 79.9. The maximum absolute atomic E-state index is 13.3. The Morgan fingerprint density at radius 3 is 2.53 bits per heavy atom. The maximum atomic E-state index is 13.3. The van der Waals surface area contributed by atoms with E-state index in [4.69, 9.17) is 5.84 Å². The van der Waals surface area contributed by atoms with Gasteiger partial charge in [-0.15, -0.1) is 0 Å². The van der Waals surface area contributed by atoms with Crippen molar-refractivity contribution in [3.8, 4) is 0 Å². The molecular formula is C14H13BrF2N2. The minimum Gasteiger partial charge on any atom is -0.271 e. The van der Waals surface area contributed by atoms with E-state index in [0.717, 1.165) is 27.7 Å². The van der Waals surface area contributed by atoms with Gasteiger partial charge in [0.15, 0.2) is 11.6 Å². The highest BCUT2D eigenvalue weighted by Gasteiger charge is 2.17. The molecule has 0 saturated heterocycles. The number of benzene rings is 2. The van der Waals surface area contributed by atoms with Gasteiger partial charge in [0.2, 0.25) is 0 Å². The van der Waals surface area contributed by atoms with E-state index in [9.17, 15) is 8.78 Å². The van der Waals surface area contributed by atoms with E-state index >= 15 is 0 Å². The van der Waals surface area contributed by atoms with Crippen LogP contribution in [0.2, 0.25) is 0 Å². The van der Waals surface area contributed by atoms with Crippen LogP contribution in [0.15, 0.2) is 40.9 Å². The highest BCUT2D eigenvalue weighted by Crippen LogP contribution is 2.29. The van der Waals surface area contributed by atoms with Crippen LogP contribution >= 0.6 is 15.9 Å². The molecule has 2 aromatic rings. The lowest BCUT2D eigenvalue weighted by molar-refractivity contribution is 0.504. The normalized spacial score (nSPS) is 12.5. The summed E-state index contributed by atoms with van der Waals surface area (Å²) in [5, 5.41) is 0. The molecule has 2 nitrogen and oxygen atoms in total. The molecule has 5 heteroatoms. The van der Waals surface area contributed by atoms with Gasteiger partial charge in [-0.3, -0.25) is 5.84 Å². The Morgan fingerprint density at radius 2 is 1.89 bits per heavy atom. The number of hydrogen-bond acceptors (Lipinski definition) is 2. The predicted molar refractivity (Wildman–Crippen MR) is 74.4 cm³/mol. The van der Waals surface area contributed by atoms with Crippen LogP contribution in [0, 0.1) is 18.6 Å². The van der Waals surface area contributed by atoms with Crippen molar-refractivity contribution in [3.63, 3.8) is 0 Å².